The summed E-state index contributed by atoms with van der Waals surface area (Å²) in [7, 11) is 0. The first-order chi connectivity index (χ1) is 5.77. The standard InChI is InChI=1S/C6H5N3O3/c7-6-8-4(10)3-5(9-6)12-2-1-11-3/h1-2H,(H3,7,8,9,10). The summed E-state index contributed by atoms with van der Waals surface area (Å²) in [4.78, 5) is 17.0. The first-order valence-electron chi connectivity index (χ1n) is 3.15. The Labute approximate surface area is 66.6 Å². The second kappa shape index (κ2) is 2.26. The van der Waals surface area contributed by atoms with Crippen molar-refractivity contribution in [3.8, 4) is 11.6 Å². The van der Waals surface area contributed by atoms with Crippen LogP contribution in [0.2, 0.25) is 0 Å². The molecule has 0 unspecified atom stereocenters. The average molecular weight is 167 g/mol. The summed E-state index contributed by atoms with van der Waals surface area (Å²) in [5, 5.41) is 0. The van der Waals surface area contributed by atoms with E-state index in [1.807, 2.05) is 0 Å². The van der Waals surface area contributed by atoms with E-state index in [1.165, 1.54) is 12.5 Å². The Hall–Kier alpha value is -1.98. The maximum Gasteiger partial charge on any atom is 0.299 e. The van der Waals surface area contributed by atoms with Crippen molar-refractivity contribution in [2.24, 2.45) is 0 Å². The highest BCUT2D eigenvalue weighted by Crippen LogP contribution is 2.22. The molecule has 0 atom stereocenters. The molecule has 1 aromatic heterocycles. The maximum atomic E-state index is 11.1. The summed E-state index contributed by atoms with van der Waals surface area (Å²) < 4.78 is 9.71. The van der Waals surface area contributed by atoms with Gasteiger partial charge in [0.15, 0.2) is 0 Å². The number of anilines is 1. The lowest BCUT2D eigenvalue weighted by atomic mass is 10.5. The molecule has 0 fully saturated rings. The number of ether oxygens (including phenoxy) is 2. The molecule has 0 bridgehead atoms. The van der Waals surface area contributed by atoms with Crippen molar-refractivity contribution >= 4 is 5.95 Å². The molecule has 6 nitrogen and oxygen atoms in total. The first-order valence-corrected chi connectivity index (χ1v) is 3.15. The van der Waals surface area contributed by atoms with E-state index in [1.54, 1.807) is 0 Å². The number of rotatable bonds is 0. The van der Waals surface area contributed by atoms with E-state index in [0.717, 1.165) is 0 Å². The molecule has 1 aliphatic heterocycles. The van der Waals surface area contributed by atoms with Crippen LogP contribution in [0.5, 0.6) is 11.6 Å². The largest absolute Gasteiger partial charge is 0.451 e. The molecule has 1 aromatic rings. The minimum atomic E-state index is -0.457. The quantitative estimate of drug-likeness (QED) is 0.548. The van der Waals surface area contributed by atoms with Crippen LogP contribution in [-0.4, -0.2) is 9.97 Å². The topological polar surface area (TPSA) is 90.2 Å². The summed E-state index contributed by atoms with van der Waals surface area (Å²) in [6, 6.07) is 0. The second-order valence-electron chi connectivity index (χ2n) is 2.09. The number of hydrogen-bond acceptors (Lipinski definition) is 5. The van der Waals surface area contributed by atoms with Gasteiger partial charge in [0.05, 0.1) is 0 Å². The third kappa shape index (κ3) is 0.895. The molecule has 0 aliphatic carbocycles. The number of nitrogens with zero attached hydrogens (tertiary/aromatic N) is 1. The first kappa shape index (κ1) is 6.71. The van der Waals surface area contributed by atoms with Gasteiger partial charge in [-0.25, -0.2) is 0 Å². The van der Waals surface area contributed by atoms with Crippen LogP contribution in [0.1, 0.15) is 0 Å². The van der Waals surface area contributed by atoms with Crippen molar-refractivity contribution in [2.75, 3.05) is 5.73 Å². The van der Waals surface area contributed by atoms with Crippen LogP contribution in [0.15, 0.2) is 17.3 Å². The molecule has 0 radical (unpaired) electrons. The number of nitrogens with one attached hydrogen (secondary N) is 1. The Kier molecular flexibility index (Phi) is 1.26. The van der Waals surface area contributed by atoms with Gasteiger partial charge in [0.2, 0.25) is 5.95 Å². The van der Waals surface area contributed by atoms with Gasteiger partial charge in [-0.2, -0.15) is 4.98 Å². The molecular weight excluding hydrogens is 162 g/mol. The Morgan fingerprint density at radius 3 is 3.00 bits per heavy atom. The van der Waals surface area contributed by atoms with Crippen molar-refractivity contribution in [2.45, 2.75) is 0 Å². The predicted molar refractivity (Wildman–Crippen MR) is 39.7 cm³/mol. The zero-order valence-electron chi connectivity index (χ0n) is 5.90. The number of fused-ring (bicyclic) bond motifs is 1. The molecule has 3 N–H and O–H groups in total. The minimum absolute atomic E-state index is 0.00218. The highest BCUT2D eigenvalue weighted by atomic mass is 16.6. The van der Waals surface area contributed by atoms with E-state index in [4.69, 9.17) is 15.2 Å². The third-order valence-electron chi connectivity index (χ3n) is 1.29. The van der Waals surface area contributed by atoms with Crippen LogP contribution in [0.25, 0.3) is 0 Å². The van der Waals surface area contributed by atoms with Gasteiger partial charge in [0.25, 0.3) is 17.2 Å². The van der Waals surface area contributed by atoms with Crippen molar-refractivity contribution in [1.82, 2.24) is 9.97 Å². The summed E-state index contributed by atoms with van der Waals surface area (Å²) in [6.07, 6.45) is 2.52. The van der Waals surface area contributed by atoms with E-state index >= 15 is 0 Å². The number of H-pyrrole nitrogens is 1. The van der Waals surface area contributed by atoms with Crippen LogP contribution >= 0.6 is 0 Å². The van der Waals surface area contributed by atoms with E-state index in [9.17, 15) is 4.79 Å². The van der Waals surface area contributed by atoms with Crippen LogP contribution < -0.4 is 20.8 Å². The number of aromatic nitrogens is 2. The Balaban J connectivity index is 2.65. The Bertz CT molecular complexity index is 396. The Morgan fingerprint density at radius 2 is 2.17 bits per heavy atom. The van der Waals surface area contributed by atoms with Crippen molar-refractivity contribution in [1.29, 1.82) is 0 Å². The molecule has 0 saturated carbocycles. The van der Waals surface area contributed by atoms with Crippen LogP contribution in [-0.2, 0) is 0 Å². The van der Waals surface area contributed by atoms with Crippen molar-refractivity contribution in [3.63, 3.8) is 0 Å². The maximum absolute atomic E-state index is 11.1. The molecular formula is C6H5N3O3. The summed E-state index contributed by atoms with van der Waals surface area (Å²) >= 11 is 0. The lowest BCUT2D eigenvalue weighted by molar-refractivity contribution is 0.345. The zero-order valence-corrected chi connectivity index (χ0v) is 5.90. The number of nitrogens with two attached hydrogens (primary N) is 1. The fraction of sp³-hybridized carbons (Fsp3) is 0. The monoisotopic (exact) mass is 167 g/mol. The molecule has 2 heterocycles. The van der Waals surface area contributed by atoms with Gasteiger partial charge in [-0.1, -0.05) is 0 Å². The highest BCUT2D eigenvalue weighted by molar-refractivity contribution is 5.37. The predicted octanol–water partition coefficient (Wildman–Crippen LogP) is -0.406. The number of nitrogen functional groups attached to an aromatic ring is 1. The molecule has 0 amide bonds. The van der Waals surface area contributed by atoms with Crippen molar-refractivity contribution < 1.29 is 9.47 Å². The number of aromatic amines is 1. The van der Waals surface area contributed by atoms with Gasteiger partial charge in [-0.15, -0.1) is 0 Å². The summed E-state index contributed by atoms with van der Waals surface area (Å²) in [6.45, 7) is 0. The molecule has 2 rings (SSSR count). The average Bonchev–Trinajstić information content (AvgIpc) is 2.04. The van der Waals surface area contributed by atoms with E-state index < -0.39 is 5.56 Å². The van der Waals surface area contributed by atoms with E-state index in [0.29, 0.717) is 0 Å². The molecule has 62 valence electrons. The fourth-order valence-electron chi connectivity index (χ4n) is 0.830. The fourth-order valence-corrected chi connectivity index (χ4v) is 0.830. The molecule has 0 saturated heterocycles. The van der Waals surface area contributed by atoms with Gasteiger partial charge in [-0.05, 0) is 0 Å². The van der Waals surface area contributed by atoms with Gasteiger partial charge in [0.1, 0.15) is 12.5 Å². The highest BCUT2D eigenvalue weighted by Gasteiger charge is 2.14. The number of hydrogen-bond donors (Lipinski definition) is 2. The molecule has 0 spiro atoms. The molecule has 6 heteroatoms. The van der Waals surface area contributed by atoms with E-state index in [2.05, 4.69) is 9.97 Å². The molecule has 0 aromatic carbocycles. The molecule has 1 aliphatic rings. The van der Waals surface area contributed by atoms with Crippen LogP contribution in [0, 0.1) is 0 Å². The van der Waals surface area contributed by atoms with Crippen molar-refractivity contribution in [3.05, 3.63) is 22.9 Å². The molecule has 12 heavy (non-hydrogen) atoms. The zero-order chi connectivity index (χ0) is 8.55. The normalized spacial score (nSPS) is 13.0. The minimum Gasteiger partial charge on any atom is -0.451 e. The summed E-state index contributed by atoms with van der Waals surface area (Å²) in [5.74, 6) is 0.100. The van der Waals surface area contributed by atoms with E-state index in [-0.39, 0.29) is 17.6 Å². The third-order valence-corrected chi connectivity index (χ3v) is 1.29. The summed E-state index contributed by atoms with van der Waals surface area (Å²) in [5.41, 5.74) is 4.80. The smallest absolute Gasteiger partial charge is 0.299 e. The SMILES string of the molecule is Nc1nc2c(c(=O)[nH]1)OC=CO2. The van der Waals surface area contributed by atoms with Gasteiger partial charge in [0, 0.05) is 0 Å². The van der Waals surface area contributed by atoms with Gasteiger partial charge in [-0.3, -0.25) is 9.78 Å². The van der Waals surface area contributed by atoms with Gasteiger partial charge < -0.3 is 15.2 Å². The second-order valence-corrected chi connectivity index (χ2v) is 2.09. The van der Waals surface area contributed by atoms with Crippen LogP contribution in [0.4, 0.5) is 5.95 Å². The van der Waals surface area contributed by atoms with Crippen LogP contribution in [0.3, 0.4) is 0 Å². The Morgan fingerprint density at radius 1 is 1.42 bits per heavy atom. The lowest BCUT2D eigenvalue weighted by Crippen LogP contribution is -2.16. The van der Waals surface area contributed by atoms with Gasteiger partial charge >= 0.3 is 0 Å². The lowest BCUT2D eigenvalue weighted by Gasteiger charge is -2.09.